The van der Waals surface area contributed by atoms with E-state index in [0.29, 0.717) is 11.1 Å². The third-order valence-corrected chi connectivity index (χ3v) is 3.41. The molecule has 0 N–H and O–H groups in total. The van der Waals surface area contributed by atoms with E-state index in [1.165, 1.54) is 6.33 Å². The quantitative estimate of drug-likeness (QED) is 0.774. The molecule has 0 saturated carbocycles. The minimum Gasteiger partial charge on any atom is -0.372 e. The molecule has 100 valence electrons. The Balaban J connectivity index is 2.35. The van der Waals surface area contributed by atoms with Gasteiger partial charge in [-0.1, -0.05) is 25.4 Å². The van der Waals surface area contributed by atoms with Crippen molar-refractivity contribution in [3.05, 3.63) is 17.0 Å². The second-order valence-corrected chi connectivity index (χ2v) is 5.58. The summed E-state index contributed by atoms with van der Waals surface area (Å²) in [6, 6.07) is 0. The summed E-state index contributed by atoms with van der Waals surface area (Å²) in [7, 11) is 0. The van der Waals surface area contributed by atoms with Crippen LogP contribution in [0.2, 0.25) is 5.15 Å². The van der Waals surface area contributed by atoms with Crippen molar-refractivity contribution in [3.8, 4) is 0 Å². The van der Waals surface area contributed by atoms with Gasteiger partial charge in [0.2, 0.25) is 0 Å². The van der Waals surface area contributed by atoms with E-state index in [2.05, 4.69) is 42.6 Å². The molecule has 0 spiro atoms. The van der Waals surface area contributed by atoms with Crippen molar-refractivity contribution in [2.75, 3.05) is 18.0 Å². The van der Waals surface area contributed by atoms with Crippen LogP contribution in [0, 0.1) is 0 Å². The van der Waals surface area contributed by atoms with Crippen LogP contribution in [-0.2, 0) is 4.74 Å². The summed E-state index contributed by atoms with van der Waals surface area (Å²) in [4.78, 5) is 10.8. The zero-order valence-corrected chi connectivity index (χ0v) is 12.1. The highest BCUT2D eigenvalue weighted by molar-refractivity contribution is 6.30. The Bertz CT molecular complexity index is 415. The molecular formula is C13H20ClN3O. The van der Waals surface area contributed by atoms with Crippen LogP contribution in [0.1, 0.15) is 39.2 Å². The van der Waals surface area contributed by atoms with Crippen LogP contribution in [0.4, 0.5) is 5.82 Å². The summed E-state index contributed by atoms with van der Waals surface area (Å²) in [6.07, 6.45) is 1.96. The normalized spacial score (nSPS) is 24.7. The Morgan fingerprint density at radius 3 is 2.44 bits per heavy atom. The van der Waals surface area contributed by atoms with Crippen molar-refractivity contribution >= 4 is 17.4 Å². The van der Waals surface area contributed by atoms with E-state index in [0.717, 1.165) is 24.5 Å². The first kappa shape index (κ1) is 13.6. The molecule has 1 saturated heterocycles. The maximum atomic E-state index is 6.21. The molecule has 0 unspecified atom stereocenters. The summed E-state index contributed by atoms with van der Waals surface area (Å²) < 4.78 is 5.75. The van der Waals surface area contributed by atoms with Crippen molar-refractivity contribution in [1.29, 1.82) is 0 Å². The molecular weight excluding hydrogens is 250 g/mol. The zero-order valence-electron chi connectivity index (χ0n) is 11.4. The van der Waals surface area contributed by atoms with Gasteiger partial charge in [0.15, 0.2) is 0 Å². The van der Waals surface area contributed by atoms with Crippen LogP contribution in [0.15, 0.2) is 6.33 Å². The lowest BCUT2D eigenvalue weighted by Gasteiger charge is -2.37. The molecule has 5 heteroatoms. The topological polar surface area (TPSA) is 38.2 Å². The van der Waals surface area contributed by atoms with Crippen LogP contribution in [0.5, 0.6) is 0 Å². The number of hydrogen-bond donors (Lipinski definition) is 0. The Labute approximate surface area is 113 Å². The third-order valence-electron chi connectivity index (χ3n) is 3.11. The van der Waals surface area contributed by atoms with E-state index < -0.39 is 0 Å². The fraction of sp³-hybridized carbons (Fsp3) is 0.692. The van der Waals surface area contributed by atoms with E-state index in [1.807, 2.05) is 0 Å². The predicted molar refractivity (Wildman–Crippen MR) is 73.4 cm³/mol. The molecule has 0 amide bonds. The van der Waals surface area contributed by atoms with Gasteiger partial charge in [-0.3, -0.25) is 0 Å². The third kappa shape index (κ3) is 2.75. The average Bonchev–Trinajstić information content (AvgIpc) is 2.26. The maximum Gasteiger partial charge on any atom is 0.138 e. The van der Waals surface area contributed by atoms with Gasteiger partial charge in [0.25, 0.3) is 0 Å². The molecule has 0 aromatic carbocycles. The van der Waals surface area contributed by atoms with Gasteiger partial charge in [-0.05, 0) is 19.8 Å². The van der Waals surface area contributed by atoms with Crippen LogP contribution in [-0.4, -0.2) is 35.3 Å². The smallest absolute Gasteiger partial charge is 0.138 e. The Hall–Kier alpha value is -0.870. The largest absolute Gasteiger partial charge is 0.372 e. The summed E-state index contributed by atoms with van der Waals surface area (Å²) in [5, 5.41) is 0.557. The highest BCUT2D eigenvalue weighted by Gasteiger charge is 2.26. The van der Waals surface area contributed by atoms with Crippen LogP contribution in [0.3, 0.4) is 0 Å². The van der Waals surface area contributed by atoms with E-state index in [4.69, 9.17) is 16.3 Å². The molecule has 1 aromatic heterocycles. The predicted octanol–water partition coefficient (Wildman–Crippen LogP) is 2.87. The second-order valence-electron chi connectivity index (χ2n) is 5.22. The summed E-state index contributed by atoms with van der Waals surface area (Å²) in [5.41, 5.74) is 1.03. The fourth-order valence-corrected chi connectivity index (χ4v) is 2.81. The van der Waals surface area contributed by atoms with Gasteiger partial charge in [0.1, 0.15) is 17.3 Å². The van der Waals surface area contributed by atoms with Gasteiger partial charge in [-0.2, -0.15) is 0 Å². The summed E-state index contributed by atoms with van der Waals surface area (Å²) in [6.45, 7) is 10.1. The minimum absolute atomic E-state index is 0.211. The molecule has 18 heavy (non-hydrogen) atoms. The van der Waals surface area contributed by atoms with Crippen molar-refractivity contribution in [3.63, 3.8) is 0 Å². The number of morpholine rings is 1. The Morgan fingerprint density at radius 2 is 1.89 bits per heavy atom. The standard InChI is InChI=1S/C13H20ClN3O/c1-8(2)11-12(14)15-7-16-13(11)17-5-9(3)18-10(4)6-17/h7-10H,5-6H2,1-4H3/t9-,10+. The summed E-state index contributed by atoms with van der Waals surface area (Å²) in [5.74, 6) is 1.26. The molecule has 4 nitrogen and oxygen atoms in total. The molecule has 2 rings (SSSR count). The molecule has 0 radical (unpaired) electrons. The first-order valence-corrected chi connectivity index (χ1v) is 6.77. The Morgan fingerprint density at radius 1 is 1.28 bits per heavy atom. The fourth-order valence-electron chi connectivity index (χ4n) is 2.46. The van der Waals surface area contributed by atoms with Crippen molar-refractivity contribution in [1.82, 2.24) is 9.97 Å². The number of hydrogen-bond acceptors (Lipinski definition) is 4. The van der Waals surface area contributed by atoms with E-state index in [-0.39, 0.29) is 12.2 Å². The molecule has 1 fully saturated rings. The minimum atomic E-state index is 0.211. The van der Waals surface area contributed by atoms with Crippen LogP contribution >= 0.6 is 11.6 Å². The number of anilines is 1. The zero-order chi connectivity index (χ0) is 13.3. The van der Waals surface area contributed by atoms with Crippen molar-refractivity contribution in [2.45, 2.75) is 45.8 Å². The lowest BCUT2D eigenvalue weighted by Crippen LogP contribution is -2.46. The van der Waals surface area contributed by atoms with Crippen LogP contribution < -0.4 is 4.90 Å². The highest BCUT2D eigenvalue weighted by atomic mass is 35.5. The van der Waals surface area contributed by atoms with Gasteiger partial charge in [0, 0.05) is 18.7 Å². The van der Waals surface area contributed by atoms with Gasteiger partial charge in [-0.15, -0.1) is 0 Å². The Kier molecular flexibility index (Phi) is 4.07. The SMILES string of the molecule is CC(C)c1c(Cl)ncnc1N1C[C@@H](C)O[C@@H](C)C1. The average molecular weight is 270 g/mol. The van der Waals surface area contributed by atoms with Gasteiger partial charge in [0.05, 0.1) is 12.2 Å². The first-order chi connectivity index (χ1) is 8.49. The molecule has 1 aliphatic heterocycles. The monoisotopic (exact) mass is 269 g/mol. The van der Waals surface area contributed by atoms with E-state index >= 15 is 0 Å². The maximum absolute atomic E-state index is 6.21. The number of aromatic nitrogens is 2. The van der Waals surface area contributed by atoms with Gasteiger partial charge in [-0.25, -0.2) is 9.97 Å². The molecule has 1 aliphatic rings. The van der Waals surface area contributed by atoms with Gasteiger partial charge < -0.3 is 9.64 Å². The molecule has 1 aromatic rings. The number of rotatable bonds is 2. The van der Waals surface area contributed by atoms with Crippen molar-refractivity contribution in [2.24, 2.45) is 0 Å². The first-order valence-electron chi connectivity index (χ1n) is 6.39. The summed E-state index contributed by atoms with van der Waals surface area (Å²) >= 11 is 6.21. The molecule has 2 atom stereocenters. The van der Waals surface area contributed by atoms with Crippen molar-refractivity contribution < 1.29 is 4.74 Å². The van der Waals surface area contributed by atoms with E-state index in [9.17, 15) is 0 Å². The molecule has 0 bridgehead atoms. The highest BCUT2D eigenvalue weighted by Crippen LogP contribution is 2.31. The second kappa shape index (κ2) is 5.41. The molecule has 2 heterocycles. The van der Waals surface area contributed by atoms with E-state index in [1.54, 1.807) is 0 Å². The number of ether oxygens (including phenoxy) is 1. The van der Waals surface area contributed by atoms with Gasteiger partial charge >= 0.3 is 0 Å². The lowest BCUT2D eigenvalue weighted by atomic mass is 10.0. The lowest BCUT2D eigenvalue weighted by molar-refractivity contribution is -0.00553. The van der Waals surface area contributed by atoms with Crippen LogP contribution in [0.25, 0.3) is 0 Å². The number of halogens is 1. The molecule has 0 aliphatic carbocycles. The number of nitrogens with zero attached hydrogens (tertiary/aromatic N) is 3.